The van der Waals surface area contributed by atoms with E-state index < -0.39 is 0 Å². The highest BCUT2D eigenvalue weighted by Gasteiger charge is 2.03. The predicted molar refractivity (Wildman–Crippen MR) is 57.9 cm³/mol. The minimum atomic E-state index is 0.764. The van der Waals surface area contributed by atoms with Crippen molar-refractivity contribution in [3.8, 4) is 6.07 Å². The quantitative estimate of drug-likeness (QED) is 0.717. The maximum Gasteiger partial charge on any atom is 0.0991 e. The highest BCUT2D eigenvalue weighted by Crippen LogP contribution is 2.20. The molecule has 0 radical (unpaired) electrons. The Kier molecular flexibility index (Phi) is 3.39. The molecule has 0 saturated heterocycles. The van der Waals surface area contributed by atoms with Crippen LogP contribution in [0.5, 0.6) is 0 Å². The average molecular weight is 191 g/mol. The summed E-state index contributed by atoms with van der Waals surface area (Å²) in [6, 6.07) is 6.08. The molecule has 13 heavy (non-hydrogen) atoms. The Hall–Kier alpha value is -0.940. The minimum absolute atomic E-state index is 0.764. The molecule has 1 aromatic rings. The summed E-state index contributed by atoms with van der Waals surface area (Å²) in [5.74, 6) is 1.03. The van der Waals surface area contributed by atoms with Crippen LogP contribution in [0, 0.1) is 25.2 Å². The minimum Gasteiger partial charge on any atom is -0.192 e. The molecule has 0 bridgehead atoms. The van der Waals surface area contributed by atoms with Gasteiger partial charge in [-0.05, 0) is 48.9 Å². The Morgan fingerprint density at radius 2 is 1.85 bits per heavy atom. The molecule has 2 heteroatoms. The van der Waals surface area contributed by atoms with Crippen LogP contribution in [0.15, 0.2) is 12.1 Å². The number of nitriles is 1. The van der Waals surface area contributed by atoms with Crippen LogP contribution in [0.2, 0.25) is 0 Å². The van der Waals surface area contributed by atoms with Crippen molar-refractivity contribution in [1.29, 1.82) is 5.26 Å². The molecular weight excluding hydrogens is 178 g/mol. The van der Waals surface area contributed by atoms with Gasteiger partial charge < -0.3 is 0 Å². The number of thioether (sulfide) groups is 1. The first kappa shape index (κ1) is 10.1. The van der Waals surface area contributed by atoms with Gasteiger partial charge in [0.1, 0.15) is 0 Å². The Morgan fingerprint density at radius 1 is 1.31 bits per heavy atom. The van der Waals surface area contributed by atoms with Gasteiger partial charge >= 0.3 is 0 Å². The number of rotatable bonds is 2. The maximum atomic E-state index is 8.75. The first-order chi connectivity index (χ1) is 6.19. The van der Waals surface area contributed by atoms with Crippen molar-refractivity contribution in [2.75, 3.05) is 6.26 Å². The van der Waals surface area contributed by atoms with Crippen LogP contribution in [0.1, 0.15) is 22.3 Å². The Balaban J connectivity index is 3.17. The van der Waals surface area contributed by atoms with E-state index in [9.17, 15) is 0 Å². The molecule has 0 amide bonds. The second kappa shape index (κ2) is 4.34. The molecule has 0 aliphatic heterocycles. The topological polar surface area (TPSA) is 23.8 Å². The van der Waals surface area contributed by atoms with E-state index in [2.05, 4.69) is 26.2 Å². The number of hydrogen-bond acceptors (Lipinski definition) is 2. The summed E-state index contributed by atoms with van der Waals surface area (Å²) >= 11 is 1.81. The van der Waals surface area contributed by atoms with Crippen LogP contribution >= 0.6 is 11.8 Å². The molecule has 0 saturated carbocycles. The van der Waals surface area contributed by atoms with Gasteiger partial charge in [-0.25, -0.2) is 0 Å². The molecule has 0 aliphatic rings. The molecule has 0 unspecified atom stereocenters. The fourth-order valence-electron chi connectivity index (χ4n) is 1.43. The number of hydrogen-bond donors (Lipinski definition) is 0. The van der Waals surface area contributed by atoms with E-state index in [0.29, 0.717) is 0 Å². The average Bonchev–Trinajstić information content (AvgIpc) is 2.11. The highest BCUT2D eigenvalue weighted by atomic mass is 32.2. The number of aryl methyl sites for hydroxylation is 2. The normalized spacial score (nSPS) is 9.69. The Labute approximate surface area is 83.8 Å². The van der Waals surface area contributed by atoms with E-state index in [4.69, 9.17) is 5.26 Å². The van der Waals surface area contributed by atoms with Crippen molar-refractivity contribution in [1.82, 2.24) is 0 Å². The van der Waals surface area contributed by atoms with E-state index in [1.165, 1.54) is 16.7 Å². The van der Waals surface area contributed by atoms with Gasteiger partial charge in [0.15, 0.2) is 0 Å². The molecular formula is C11H13NS. The van der Waals surface area contributed by atoms with Gasteiger partial charge in [0.25, 0.3) is 0 Å². The number of benzene rings is 1. The lowest BCUT2D eigenvalue weighted by Crippen LogP contribution is -1.92. The van der Waals surface area contributed by atoms with Gasteiger partial charge in [-0.1, -0.05) is 0 Å². The van der Waals surface area contributed by atoms with Crippen LogP contribution in [-0.4, -0.2) is 6.26 Å². The van der Waals surface area contributed by atoms with Crippen LogP contribution < -0.4 is 0 Å². The highest BCUT2D eigenvalue weighted by molar-refractivity contribution is 7.97. The van der Waals surface area contributed by atoms with Crippen molar-refractivity contribution in [2.24, 2.45) is 0 Å². The van der Waals surface area contributed by atoms with Gasteiger partial charge in [0.2, 0.25) is 0 Å². The van der Waals surface area contributed by atoms with Crippen molar-refractivity contribution < 1.29 is 0 Å². The third-order valence-corrected chi connectivity index (χ3v) is 2.69. The van der Waals surface area contributed by atoms with Crippen LogP contribution in [0.3, 0.4) is 0 Å². The van der Waals surface area contributed by atoms with Crippen LogP contribution in [-0.2, 0) is 5.75 Å². The lowest BCUT2D eigenvalue weighted by atomic mass is 10.0. The molecule has 1 nitrogen and oxygen atoms in total. The smallest absolute Gasteiger partial charge is 0.0991 e. The molecule has 0 fully saturated rings. The second-order valence-corrected chi connectivity index (χ2v) is 4.00. The van der Waals surface area contributed by atoms with E-state index in [1.807, 2.05) is 23.9 Å². The summed E-state index contributed by atoms with van der Waals surface area (Å²) in [5, 5.41) is 8.75. The SMILES string of the molecule is CSCc1c(C)cc(C#N)cc1C. The van der Waals surface area contributed by atoms with Crippen molar-refractivity contribution in [3.63, 3.8) is 0 Å². The maximum absolute atomic E-state index is 8.75. The molecule has 68 valence electrons. The second-order valence-electron chi connectivity index (χ2n) is 3.13. The first-order valence-electron chi connectivity index (χ1n) is 4.18. The van der Waals surface area contributed by atoms with E-state index >= 15 is 0 Å². The third-order valence-electron chi connectivity index (χ3n) is 2.11. The molecule has 0 spiro atoms. The summed E-state index contributed by atoms with van der Waals surface area (Å²) in [7, 11) is 0. The summed E-state index contributed by atoms with van der Waals surface area (Å²) in [6.45, 7) is 4.14. The van der Waals surface area contributed by atoms with Gasteiger partial charge in [-0.3, -0.25) is 0 Å². The van der Waals surface area contributed by atoms with Crippen molar-refractivity contribution >= 4 is 11.8 Å². The zero-order valence-electron chi connectivity index (χ0n) is 8.22. The molecule has 0 atom stereocenters. The molecule has 0 aliphatic carbocycles. The Bertz CT molecular complexity index is 327. The molecule has 0 heterocycles. The lowest BCUT2D eigenvalue weighted by Gasteiger charge is -2.08. The third kappa shape index (κ3) is 2.26. The van der Waals surface area contributed by atoms with E-state index in [-0.39, 0.29) is 0 Å². The van der Waals surface area contributed by atoms with Crippen LogP contribution in [0.4, 0.5) is 0 Å². The molecule has 1 rings (SSSR count). The molecule has 0 N–H and O–H groups in total. The van der Waals surface area contributed by atoms with Crippen LogP contribution in [0.25, 0.3) is 0 Å². The monoisotopic (exact) mass is 191 g/mol. The summed E-state index contributed by atoms with van der Waals surface area (Å²) in [5.41, 5.74) is 4.59. The number of nitrogens with zero attached hydrogens (tertiary/aromatic N) is 1. The standard InChI is InChI=1S/C11H13NS/c1-8-4-10(6-12)5-9(2)11(8)7-13-3/h4-5H,7H2,1-3H3. The van der Waals surface area contributed by atoms with E-state index in [1.54, 1.807) is 0 Å². The molecule has 1 aromatic carbocycles. The van der Waals surface area contributed by atoms with Gasteiger partial charge in [-0.15, -0.1) is 0 Å². The fraction of sp³-hybridized carbons (Fsp3) is 0.364. The fourth-order valence-corrected chi connectivity index (χ4v) is 2.17. The summed E-state index contributed by atoms with van der Waals surface area (Å²) < 4.78 is 0. The van der Waals surface area contributed by atoms with Gasteiger partial charge in [0, 0.05) is 5.75 Å². The Morgan fingerprint density at radius 3 is 2.23 bits per heavy atom. The lowest BCUT2D eigenvalue weighted by molar-refractivity contribution is 1.23. The molecule has 0 aromatic heterocycles. The largest absolute Gasteiger partial charge is 0.192 e. The van der Waals surface area contributed by atoms with Gasteiger partial charge in [0.05, 0.1) is 11.6 Å². The first-order valence-corrected chi connectivity index (χ1v) is 5.57. The zero-order valence-corrected chi connectivity index (χ0v) is 9.03. The predicted octanol–water partition coefficient (Wildman–Crippen LogP) is 3.04. The summed E-state index contributed by atoms with van der Waals surface area (Å²) in [4.78, 5) is 0. The van der Waals surface area contributed by atoms with Gasteiger partial charge in [-0.2, -0.15) is 17.0 Å². The summed E-state index contributed by atoms with van der Waals surface area (Å²) in [6.07, 6.45) is 2.09. The van der Waals surface area contributed by atoms with Crippen molar-refractivity contribution in [2.45, 2.75) is 19.6 Å². The van der Waals surface area contributed by atoms with Crippen molar-refractivity contribution in [3.05, 3.63) is 34.4 Å². The zero-order chi connectivity index (χ0) is 9.84. The van der Waals surface area contributed by atoms with E-state index in [0.717, 1.165) is 11.3 Å².